The second kappa shape index (κ2) is 6.71. The monoisotopic (exact) mass is 356 g/mol. The molecule has 7 heteroatoms. The first-order valence-electron chi connectivity index (χ1n) is 6.22. The minimum atomic E-state index is -1.15. The van der Waals surface area contributed by atoms with Crippen LogP contribution in [0.25, 0.3) is 0 Å². The highest BCUT2D eigenvalue weighted by Gasteiger charge is 2.21. The maximum atomic E-state index is 11.8. The predicted molar refractivity (Wildman–Crippen MR) is 82.2 cm³/mol. The molecule has 0 aliphatic carbocycles. The van der Waals surface area contributed by atoms with E-state index < -0.39 is 17.3 Å². The van der Waals surface area contributed by atoms with Gasteiger partial charge in [-0.15, -0.1) is 0 Å². The summed E-state index contributed by atoms with van der Waals surface area (Å²) in [4.78, 5) is 34.5. The Bertz CT molecular complexity index is 579. The number of aromatic carboxylic acids is 1. The minimum Gasteiger partial charge on any atom is -0.478 e. The Kier molecular flexibility index (Phi) is 5.48. The molecule has 1 aromatic carbocycles. The van der Waals surface area contributed by atoms with Gasteiger partial charge in [0.25, 0.3) is 0 Å². The van der Waals surface area contributed by atoms with Gasteiger partial charge in [0, 0.05) is 9.89 Å². The van der Waals surface area contributed by atoms with Gasteiger partial charge in [-0.1, -0.05) is 36.7 Å². The average molecular weight is 357 g/mol. The molecule has 0 aliphatic heterocycles. The van der Waals surface area contributed by atoms with Gasteiger partial charge in [0.05, 0.1) is 17.8 Å². The summed E-state index contributed by atoms with van der Waals surface area (Å²) in [5.74, 6) is -1.89. The Balaban J connectivity index is 2.72. The van der Waals surface area contributed by atoms with E-state index in [0.717, 1.165) is 0 Å². The third-order valence-electron chi connectivity index (χ3n) is 2.58. The molecule has 0 saturated carbocycles. The van der Waals surface area contributed by atoms with E-state index in [4.69, 9.17) is 5.11 Å². The van der Waals surface area contributed by atoms with Crippen LogP contribution in [0.1, 0.15) is 31.1 Å². The van der Waals surface area contributed by atoms with Gasteiger partial charge in [-0.2, -0.15) is 0 Å². The van der Waals surface area contributed by atoms with Crippen LogP contribution < -0.4 is 10.6 Å². The van der Waals surface area contributed by atoms with Gasteiger partial charge in [-0.3, -0.25) is 9.59 Å². The van der Waals surface area contributed by atoms with Gasteiger partial charge in [0.2, 0.25) is 11.8 Å². The maximum Gasteiger partial charge on any atom is 0.337 e. The molecule has 0 aromatic heterocycles. The fourth-order valence-electron chi connectivity index (χ4n) is 1.42. The lowest BCUT2D eigenvalue weighted by Crippen LogP contribution is -2.39. The van der Waals surface area contributed by atoms with Crippen molar-refractivity contribution in [3.05, 3.63) is 28.2 Å². The molecule has 3 N–H and O–H groups in total. The van der Waals surface area contributed by atoms with E-state index in [1.807, 2.05) is 0 Å². The number of carbonyl (C=O) groups excluding carboxylic acids is 2. The quantitative estimate of drug-likeness (QED) is 0.770. The molecule has 2 amide bonds. The number of anilines is 1. The predicted octanol–water partition coefficient (Wildman–Crippen LogP) is 2.25. The van der Waals surface area contributed by atoms with Gasteiger partial charge in [-0.05, 0) is 18.2 Å². The van der Waals surface area contributed by atoms with Crippen molar-refractivity contribution in [2.24, 2.45) is 5.41 Å². The molecule has 0 aliphatic rings. The molecule has 0 bridgehead atoms. The summed E-state index contributed by atoms with van der Waals surface area (Å²) in [6, 6.07) is 4.50. The van der Waals surface area contributed by atoms with Crippen molar-refractivity contribution in [3.63, 3.8) is 0 Å². The Hall–Kier alpha value is -1.89. The van der Waals surface area contributed by atoms with Gasteiger partial charge in [0.1, 0.15) is 0 Å². The van der Waals surface area contributed by atoms with Gasteiger partial charge < -0.3 is 15.7 Å². The topological polar surface area (TPSA) is 95.5 Å². The second-order valence-electron chi connectivity index (χ2n) is 5.48. The fraction of sp³-hybridized carbons (Fsp3) is 0.357. The number of halogens is 1. The summed E-state index contributed by atoms with van der Waals surface area (Å²) in [6.45, 7) is 4.98. The first-order valence-corrected chi connectivity index (χ1v) is 7.01. The number of rotatable bonds is 4. The number of carbonyl (C=O) groups is 3. The molecule has 0 atom stereocenters. The zero-order valence-corrected chi connectivity index (χ0v) is 13.6. The van der Waals surface area contributed by atoms with Crippen LogP contribution in [0.15, 0.2) is 22.7 Å². The van der Waals surface area contributed by atoms with Crippen molar-refractivity contribution in [2.75, 3.05) is 11.9 Å². The van der Waals surface area contributed by atoms with E-state index in [2.05, 4.69) is 26.6 Å². The lowest BCUT2D eigenvalue weighted by molar-refractivity contribution is -0.130. The smallest absolute Gasteiger partial charge is 0.337 e. The number of carboxylic acids is 1. The summed E-state index contributed by atoms with van der Waals surface area (Å²) in [7, 11) is 0. The lowest BCUT2D eigenvalue weighted by atomic mass is 9.96. The van der Waals surface area contributed by atoms with Gasteiger partial charge in [0.15, 0.2) is 0 Å². The first-order chi connectivity index (χ1) is 9.61. The number of amides is 2. The summed E-state index contributed by atoms with van der Waals surface area (Å²) in [5.41, 5.74) is -0.440. The molecule has 114 valence electrons. The van der Waals surface area contributed by atoms with Crippen molar-refractivity contribution in [1.82, 2.24) is 5.32 Å². The molecule has 0 heterocycles. The third-order valence-corrected chi connectivity index (χ3v) is 3.07. The summed E-state index contributed by atoms with van der Waals surface area (Å²) in [5, 5.41) is 14.1. The van der Waals surface area contributed by atoms with E-state index in [0.29, 0.717) is 4.47 Å². The standard InChI is InChI=1S/C14H17BrN2O4/c1-14(2,3)13(21)16-7-11(18)17-10-5-4-8(15)6-9(10)12(19)20/h4-6H,7H2,1-3H3,(H,16,21)(H,17,18)(H,19,20). The zero-order valence-electron chi connectivity index (χ0n) is 12.0. The maximum absolute atomic E-state index is 11.8. The van der Waals surface area contributed by atoms with E-state index in [-0.39, 0.29) is 23.7 Å². The van der Waals surface area contributed by atoms with Crippen LogP contribution in [-0.2, 0) is 9.59 Å². The molecule has 1 aromatic rings. The van der Waals surface area contributed by atoms with E-state index in [9.17, 15) is 14.4 Å². The molecular weight excluding hydrogens is 340 g/mol. The highest BCUT2D eigenvalue weighted by molar-refractivity contribution is 9.10. The molecular formula is C14H17BrN2O4. The largest absolute Gasteiger partial charge is 0.478 e. The van der Waals surface area contributed by atoms with Crippen LogP contribution in [0, 0.1) is 5.41 Å². The summed E-state index contributed by atoms with van der Waals surface area (Å²) in [6.07, 6.45) is 0. The average Bonchev–Trinajstić information content (AvgIpc) is 2.36. The molecule has 0 fully saturated rings. The van der Waals surface area contributed by atoms with Crippen LogP contribution in [-0.4, -0.2) is 29.4 Å². The van der Waals surface area contributed by atoms with Crippen LogP contribution in [0.3, 0.4) is 0 Å². The van der Waals surface area contributed by atoms with Gasteiger partial charge in [-0.25, -0.2) is 4.79 Å². The van der Waals surface area contributed by atoms with Gasteiger partial charge >= 0.3 is 5.97 Å². The van der Waals surface area contributed by atoms with Crippen LogP contribution in [0.2, 0.25) is 0 Å². The highest BCUT2D eigenvalue weighted by atomic mass is 79.9. The molecule has 0 spiro atoms. The number of nitrogens with one attached hydrogen (secondary N) is 2. The van der Waals surface area contributed by atoms with Crippen molar-refractivity contribution in [1.29, 1.82) is 0 Å². The molecule has 6 nitrogen and oxygen atoms in total. The van der Waals surface area contributed by atoms with Crippen molar-refractivity contribution < 1.29 is 19.5 Å². The van der Waals surface area contributed by atoms with Crippen LogP contribution >= 0.6 is 15.9 Å². The Morgan fingerprint density at radius 1 is 1.24 bits per heavy atom. The number of benzene rings is 1. The SMILES string of the molecule is CC(C)(C)C(=O)NCC(=O)Nc1ccc(Br)cc1C(=O)O. The third kappa shape index (κ3) is 5.18. The Morgan fingerprint density at radius 2 is 1.86 bits per heavy atom. The van der Waals surface area contributed by atoms with Crippen molar-refractivity contribution in [3.8, 4) is 0 Å². The van der Waals surface area contributed by atoms with E-state index in [1.54, 1.807) is 26.8 Å². The normalized spacial score (nSPS) is 10.9. The fourth-order valence-corrected chi connectivity index (χ4v) is 1.78. The van der Waals surface area contributed by atoms with E-state index in [1.165, 1.54) is 12.1 Å². The lowest BCUT2D eigenvalue weighted by Gasteiger charge is -2.17. The number of hydrogen-bond donors (Lipinski definition) is 3. The zero-order chi connectivity index (χ0) is 16.2. The van der Waals surface area contributed by atoms with Crippen molar-refractivity contribution >= 4 is 39.4 Å². The van der Waals surface area contributed by atoms with Crippen LogP contribution in [0.4, 0.5) is 5.69 Å². The summed E-state index contributed by atoms with van der Waals surface area (Å²) >= 11 is 3.17. The number of carboxylic acid groups (broad SMARTS) is 1. The van der Waals surface area contributed by atoms with Crippen LogP contribution in [0.5, 0.6) is 0 Å². The highest BCUT2D eigenvalue weighted by Crippen LogP contribution is 2.21. The second-order valence-corrected chi connectivity index (χ2v) is 6.39. The Morgan fingerprint density at radius 3 is 2.38 bits per heavy atom. The first kappa shape index (κ1) is 17.2. The molecule has 0 saturated heterocycles. The number of hydrogen-bond acceptors (Lipinski definition) is 3. The Labute approximate surface area is 131 Å². The minimum absolute atomic E-state index is 0.0279. The van der Waals surface area contributed by atoms with E-state index >= 15 is 0 Å². The van der Waals surface area contributed by atoms with Crippen molar-refractivity contribution in [2.45, 2.75) is 20.8 Å². The molecule has 1 rings (SSSR count). The molecule has 0 unspecified atom stereocenters. The summed E-state index contributed by atoms with van der Waals surface area (Å²) < 4.78 is 0.596. The molecule has 0 radical (unpaired) electrons. The molecule has 21 heavy (non-hydrogen) atoms.